The number of hydrogen-bond donors (Lipinski definition) is 1. The third-order valence-corrected chi connectivity index (χ3v) is 1.86. The summed E-state index contributed by atoms with van der Waals surface area (Å²) in [5.41, 5.74) is 7.30. The van der Waals surface area contributed by atoms with Crippen LogP contribution in [-0.4, -0.2) is 12.1 Å². The van der Waals surface area contributed by atoms with E-state index in [4.69, 9.17) is 5.73 Å². The topological polar surface area (TPSA) is 60.2 Å². The van der Waals surface area contributed by atoms with Crippen LogP contribution in [0.5, 0.6) is 0 Å². The lowest BCUT2D eigenvalue weighted by atomic mass is 10.0. The summed E-state index contributed by atoms with van der Waals surface area (Å²) >= 11 is 0. The summed E-state index contributed by atoms with van der Waals surface area (Å²) in [6.45, 7) is 1.76. The average Bonchev–Trinajstić information content (AvgIpc) is 2.16. The highest BCUT2D eigenvalue weighted by Crippen LogP contribution is 2.11. The van der Waals surface area contributed by atoms with Crippen LogP contribution in [0.2, 0.25) is 0 Å². The maximum absolute atomic E-state index is 11.1. The highest BCUT2D eigenvalue weighted by atomic mass is 16.1. The van der Waals surface area contributed by atoms with Crippen molar-refractivity contribution >= 4 is 12.1 Å². The maximum atomic E-state index is 11.1. The molecule has 0 aliphatic rings. The first kappa shape index (κ1) is 9.61. The van der Waals surface area contributed by atoms with E-state index in [1.54, 1.807) is 18.2 Å². The number of nitrogens with two attached hydrogens (primary N) is 1. The van der Waals surface area contributed by atoms with Gasteiger partial charge in [-0.15, -0.1) is 0 Å². The Bertz CT molecular complexity index is 345. The molecule has 0 fully saturated rings. The molecule has 1 rings (SSSR count). The molecule has 0 saturated carbocycles. The Morgan fingerprint density at radius 2 is 2.23 bits per heavy atom. The molecule has 68 valence electrons. The number of carbonyl (C=O) groups excluding carboxylic acids is 2. The van der Waals surface area contributed by atoms with Gasteiger partial charge in [0.25, 0.3) is 0 Å². The van der Waals surface area contributed by atoms with Crippen LogP contribution in [0, 0.1) is 0 Å². The molecule has 0 spiro atoms. The van der Waals surface area contributed by atoms with Crippen molar-refractivity contribution in [1.29, 1.82) is 0 Å². The van der Waals surface area contributed by atoms with Crippen molar-refractivity contribution in [3.8, 4) is 0 Å². The molecule has 0 aliphatic carbocycles. The molecule has 0 radical (unpaired) electrons. The van der Waals surface area contributed by atoms with Gasteiger partial charge in [0.15, 0.2) is 5.78 Å². The fourth-order valence-corrected chi connectivity index (χ4v) is 1.20. The molecule has 0 saturated heterocycles. The largest absolute Gasteiger partial charge is 0.326 e. The van der Waals surface area contributed by atoms with Crippen LogP contribution >= 0.6 is 0 Å². The lowest BCUT2D eigenvalue weighted by molar-refractivity contribution is 0.101. The molecule has 1 aromatic rings. The summed E-state index contributed by atoms with van der Waals surface area (Å²) in [6.07, 6.45) is 0.739. The fraction of sp³-hybridized carbons (Fsp3) is 0.200. The smallest absolute Gasteiger partial charge is 0.160 e. The summed E-state index contributed by atoms with van der Waals surface area (Å²) in [7, 11) is 0. The molecule has 0 aromatic heterocycles. The van der Waals surface area contributed by atoms with Crippen LogP contribution in [0.4, 0.5) is 0 Å². The molecule has 0 atom stereocenters. The van der Waals surface area contributed by atoms with E-state index in [0.717, 1.165) is 11.8 Å². The molecular weight excluding hydrogens is 166 g/mol. The standard InChI is InChI=1S/C10H11NO2/c1-7(13)10-3-2-8(6-12)4-9(10)5-11/h2-4,6H,5,11H2,1H3. The van der Waals surface area contributed by atoms with Crippen molar-refractivity contribution in [2.45, 2.75) is 13.5 Å². The lowest BCUT2D eigenvalue weighted by Gasteiger charge is -2.04. The van der Waals surface area contributed by atoms with Crippen molar-refractivity contribution in [2.75, 3.05) is 0 Å². The van der Waals surface area contributed by atoms with Crippen molar-refractivity contribution < 1.29 is 9.59 Å². The zero-order valence-corrected chi connectivity index (χ0v) is 7.41. The number of carbonyl (C=O) groups is 2. The Hall–Kier alpha value is -1.48. The van der Waals surface area contributed by atoms with Gasteiger partial charge < -0.3 is 5.73 Å². The Kier molecular flexibility index (Phi) is 2.93. The molecular formula is C10H11NO2. The minimum atomic E-state index is -0.0297. The van der Waals surface area contributed by atoms with Gasteiger partial charge in [0.1, 0.15) is 6.29 Å². The van der Waals surface area contributed by atoms with E-state index >= 15 is 0 Å². The molecule has 2 N–H and O–H groups in total. The van der Waals surface area contributed by atoms with E-state index < -0.39 is 0 Å². The molecule has 3 nitrogen and oxygen atoms in total. The van der Waals surface area contributed by atoms with Crippen LogP contribution in [0.3, 0.4) is 0 Å². The Morgan fingerprint density at radius 3 is 2.69 bits per heavy atom. The number of hydrogen-bond acceptors (Lipinski definition) is 3. The lowest BCUT2D eigenvalue weighted by Crippen LogP contribution is -2.05. The van der Waals surface area contributed by atoms with E-state index in [-0.39, 0.29) is 12.3 Å². The van der Waals surface area contributed by atoms with Gasteiger partial charge in [-0.1, -0.05) is 12.1 Å². The zero-order chi connectivity index (χ0) is 9.84. The quantitative estimate of drug-likeness (QED) is 0.556. The monoisotopic (exact) mass is 177 g/mol. The molecule has 1 aromatic carbocycles. The van der Waals surface area contributed by atoms with Crippen molar-refractivity contribution in [3.05, 3.63) is 34.9 Å². The van der Waals surface area contributed by atoms with Gasteiger partial charge >= 0.3 is 0 Å². The van der Waals surface area contributed by atoms with Gasteiger partial charge in [-0.2, -0.15) is 0 Å². The summed E-state index contributed by atoms with van der Waals surface area (Å²) in [5.74, 6) is -0.0297. The highest BCUT2D eigenvalue weighted by Gasteiger charge is 2.05. The fourth-order valence-electron chi connectivity index (χ4n) is 1.20. The van der Waals surface area contributed by atoms with Crippen LogP contribution < -0.4 is 5.73 Å². The minimum Gasteiger partial charge on any atom is -0.326 e. The van der Waals surface area contributed by atoms with E-state index in [9.17, 15) is 9.59 Å². The second kappa shape index (κ2) is 3.96. The SMILES string of the molecule is CC(=O)c1ccc(C=O)cc1CN. The van der Waals surface area contributed by atoms with Crippen LogP contribution in [0.1, 0.15) is 33.2 Å². The third-order valence-electron chi connectivity index (χ3n) is 1.86. The molecule has 13 heavy (non-hydrogen) atoms. The van der Waals surface area contributed by atoms with E-state index in [1.807, 2.05) is 0 Å². The number of aldehydes is 1. The molecule has 0 unspecified atom stereocenters. The second-order valence-electron chi connectivity index (χ2n) is 2.79. The predicted molar refractivity (Wildman–Crippen MR) is 49.7 cm³/mol. The zero-order valence-electron chi connectivity index (χ0n) is 7.41. The van der Waals surface area contributed by atoms with Crippen molar-refractivity contribution in [3.63, 3.8) is 0 Å². The number of Topliss-reactive ketones (excluding diaryl/α,β-unsaturated/α-hetero) is 1. The number of ketones is 1. The molecule has 0 amide bonds. The summed E-state index contributed by atoms with van der Waals surface area (Å²) in [4.78, 5) is 21.5. The first-order valence-electron chi connectivity index (χ1n) is 3.98. The molecule has 0 aliphatic heterocycles. The van der Waals surface area contributed by atoms with Gasteiger partial charge in [-0.3, -0.25) is 9.59 Å². The third kappa shape index (κ3) is 2.00. The highest BCUT2D eigenvalue weighted by molar-refractivity contribution is 5.96. The summed E-state index contributed by atoms with van der Waals surface area (Å²) in [6, 6.07) is 4.89. The normalized spacial score (nSPS) is 9.69. The van der Waals surface area contributed by atoms with Crippen LogP contribution in [0.25, 0.3) is 0 Å². The summed E-state index contributed by atoms with van der Waals surface area (Å²) in [5, 5.41) is 0. The van der Waals surface area contributed by atoms with Gasteiger partial charge in [0.2, 0.25) is 0 Å². The first-order chi connectivity index (χ1) is 6.19. The number of benzene rings is 1. The van der Waals surface area contributed by atoms with Gasteiger partial charge in [-0.25, -0.2) is 0 Å². The Labute approximate surface area is 76.6 Å². The molecule has 3 heteroatoms. The van der Waals surface area contributed by atoms with Gasteiger partial charge in [0, 0.05) is 17.7 Å². The average molecular weight is 177 g/mol. The minimum absolute atomic E-state index is 0.0297. The van der Waals surface area contributed by atoms with Crippen molar-refractivity contribution in [2.24, 2.45) is 5.73 Å². The second-order valence-corrected chi connectivity index (χ2v) is 2.79. The Morgan fingerprint density at radius 1 is 1.54 bits per heavy atom. The van der Waals surface area contributed by atoms with E-state index in [2.05, 4.69) is 0 Å². The van der Waals surface area contributed by atoms with Crippen LogP contribution in [0.15, 0.2) is 18.2 Å². The van der Waals surface area contributed by atoms with E-state index in [0.29, 0.717) is 11.1 Å². The Balaban J connectivity index is 3.23. The van der Waals surface area contributed by atoms with Gasteiger partial charge in [0.05, 0.1) is 0 Å². The van der Waals surface area contributed by atoms with E-state index in [1.165, 1.54) is 6.92 Å². The van der Waals surface area contributed by atoms with Crippen molar-refractivity contribution in [1.82, 2.24) is 0 Å². The maximum Gasteiger partial charge on any atom is 0.160 e. The number of rotatable bonds is 3. The predicted octanol–water partition coefficient (Wildman–Crippen LogP) is 1.16. The molecule has 0 bridgehead atoms. The summed E-state index contributed by atoms with van der Waals surface area (Å²) < 4.78 is 0. The van der Waals surface area contributed by atoms with Gasteiger partial charge in [-0.05, 0) is 18.6 Å². The molecule has 0 heterocycles. The first-order valence-corrected chi connectivity index (χ1v) is 3.98. The van der Waals surface area contributed by atoms with Crippen LogP contribution in [-0.2, 0) is 6.54 Å².